The fourth-order valence-electron chi connectivity index (χ4n) is 4.77. The van der Waals surface area contributed by atoms with Crippen molar-refractivity contribution in [2.75, 3.05) is 12.4 Å². The molecule has 4 heterocycles. The summed E-state index contributed by atoms with van der Waals surface area (Å²) in [6, 6.07) is 17.6. The van der Waals surface area contributed by atoms with E-state index in [9.17, 15) is 4.79 Å². The number of carbonyl (C=O) groups excluding carboxylic acids is 1. The number of aromatic nitrogens is 6. The molecule has 10 nitrogen and oxygen atoms in total. The number of nitrogens with one attached hydrogen (secondary N) is 1. The summed E-state index contributed by atoms with van der Waals surface area (Å²) in [5, 5.41) is 20.2. The number of fused-ring (bicyclic) bond motifs is 2. The minimum absolute atomic E-state index is 0.115. The van der Waals surface area contributed by atoms with E-state index < -0.39 is 0 Å². The number of nitrogens with zero attached hydrogens (tertiary/aromatic N) is 6. The lowest BCUT2D eigenvalue weighted by Gasteiger charge is -2.26. The molecule has 1 aliphatic rings. The molecule has 2 aromatic carbocycles. The minimum Gasteiger partial charge on any atom is -0.493 e. The number of aryl methyl sites for hydroxylation is 2. The highest BCUT2D eigenvalue weighted by Crippen LogP contribution is 2.45. The fourth-order valence-corrected chi connectivity index (χ4v) is 4.77. The molecule has 0 bridgehead atoms. The third kappa shape index (κ3) is 4.06. The van der Waals surface area contributed by atoms with E-state index in [0.717, 1.165) is 22.4 Å². The smallest absolute Gasteiger partial charge is 0.226 e. The fraction of sp³-hybridized carbons (Fsp3) is 0.222. The first-order valence-electron chi connectivity index (χ1n) is 11.9. The monoisotopic (exact) mass is 495 g/mol. The van der Waals surface area contributed by atoms with Crippen LogP contribution in [0.1, 0.15) is 40.3 Å². The number of hydrogen-bond acceptors (Lipinski definition) is 7. The van der Waals surface area contributed by atoms with Crippen LogP contribution in [0.2, 0.25) is 0 Å². The van der Waals surface area contributed by atoms with Gasteiger partial charge in [0.05, 0.1) is 12.8 Å². The lowest BCUT2D eigenvalue weighted by Crippen LogP contribution is -2.25. The van der Waals surface area contributed by atoms with Gasteiger partial charge in [-0.05, 0) is 37.6 Å². The quantitative estimate of drug-likeness (QED) is 0.379. The zero-order chi connectivity index (χ0) is 25.5. The van der Waals surface area contributed by atoms with Crippen LogP contribution in [-0.4, -0.2) is 42.6 Å². The summed E-state index contributed by atoms with van der Waals surface area (Å²) in [6.07, 6.45) is 1.78. The van der Waals surface area contributed by atoms with Crippen LogP contribution >= 0.6 is 0 Å². The second-order valence-corrected chi connectivity index (χ2v) is 9.04. The van der Waals surface area contributed by atoms with Crippen LogP contribution in [0.15, 0.2) is 60.9 Å². The average molecular weight is 496 g/mol. The Morgan fingerprint density at radius 2 is 1.89 bits per heavy atom. The number of hydrogen-bond donors (Lipinski definition) is 1. The van der Waals surface area contributed by atoms with Gasteiger partial charge in [-0.2, -0.15) is 14.3 Å². The highest BCUT2D eigenvalue weighted by Gasteiger charge is 2.35. The topological polar surface area (TPSA) is 108 Å². The van der Waals surface area contributed by atoms with E-state index in [1.54, 1.807) is 28.4 Å². The zero-order valence-electron chi connectivity index (χ0n) is 20.7. The van der Waals surface area contributed by atoms with Crippen molar-refractivity contribution in [3.05, 3.63) is 88.9 Å². The molecule has 1 N–H and O–H groups in total. The number of rotatable bonds is 6. The number of carbonyl (C=O) groups is 1. The van der Waals surface area contributed by atoms with Crippen LogP contribution < -0.4 is 14.8 Å². The third-order valence-corrected chi connectivity index (χ3v) is 6.58. The molecular weight excluding hydrogens is 470 g/mol. The van der Waals surface area contributed by atoms with Crippen molar-refractivity contribution in [2.45, 2.75) is 32.8 Å². The maximum atomic E-state index is 13.0. The molecule has 0 radical (unpaired) electrons. The van der Waals surface area contributed by atoms with Gasteiger partial charge in [0.15, 0.2) is 23.0 Å². The van der Waals surface area contributed by atoms with Crippen LogP contribution in [0.3, 0.4) is 0 Å². The molecule has 0 aliphatic carbocycles. The van der Waals surface area contributed by atoms with Gasteiger partial charge < -0.3 is 14.8 Å². The summed E-state index contributed by atoms with van der Waals surface area (Å²) < 4.78 is 15.2. The molecular formula is C27H25N7O3. The lowest BCUT2D eigenvalue weighted by molar-refractivity contribution is -0.116. The minimum atomic E-state index is -0.278. The molecule has 6 rings (SSSR count). The number of ether oxygens (including phenoxy) is 2. The van der Waals surface area contributed by atoms with Crippen molar-refractivity contribution in [3.63, 3.8) is 0 Å². The molecule has 0 fully saturated rings. The first-order chi connectivity index (χ1) is 18.0. The Morgan fingerprint density at radius 3 is 2.70 bits per heavy atom. The van der Waals surface area contributed by atoms with E-state index in [-0.39, 0.29) is 18.2 Å². The largest absolute Gasteiger partial charge is 0.493 e. The van der Waals surface area contributed by atoms with E-state index in [0.29, 0.717) is 35.4 Å². The van der Waals surface area contributed by atoms with Crippen molar-refractivity contribution in [1.29, 1.82) is 0 Å². The maximum absolute atomic E-state index is 13.0. The highest BCUT2D eigenvalue weighted by molar-refractivity contribution is 5.95. The van der Waals surface area contributed by atoms with E-state index in [4.69, 9.17) is 14.6 Å². The highest BCUT2D eigenvalue weighted by atomic mass is 16.5. The van der Waals surface area contributed by atoms with Crippen LogP contribution in [0.5, 0.6) is 11.5 Å². The van der Waals surface area contributed by atoms with Crippen LogP contribution in [0, 0.1) is 13.8 Å². The van der Waals surface area contributed by atoms with Crippen molar-refractivity contribution in [3.8, 4) is 17.3 Å². The molecule has 10 heteroatoms. The van der Waals surface area contributed by atoms with Crippen molar-refractivity contribution >= 4 is 17.4 Å². The number of para-hydroxylation sites is 1. The first kappa shape index (κ1) is 22.7. The Bertz CT molecular complexity index is 1620. The Balaban J connectivity index is 1.43. The van der Waals surface area contributed by atoms with Gasteiger partial charge in [-0.3, -0.25) is 4.79 Å². The summed E-state index contributed by atoms with van der Waals surface area (Å²) >= 11 is 0. The second-order valence-electron chi connectivity index (χ2n) is 9.04. The lowest BCUT2D eigenvalue weighted by atomic mass is 9.85. The molecule has 3 aromatic heterocycles. The van der Waals surface area contributed by atoms with Gasteiger partial charge in [0.2, 0.25) is 5.91 Å². The van der Waals surface area contributed by atoms with E-state index in [2.05, 4.69) is 39.7 Å². The SMILES string of the molecule is COc1cccc(C2CC(=O)Nc3c2c(C)nn3-c2ccc3nncn3n2)c1OCc1ccc(C)cc1. The average Bonchev–Trinajstić information content (AvgIpc) is 3.51. The van der Waals surface area contributed by atoms with Crippen molar-refractivity contribution in [2.24, 2.45) is 0 Å². The third-order valence-electron chi connectivity index (χ3n) is 6.58. The summed E-state index contributed by atoms with van der Waals surface area (Å²) in [5.41, 5.74) is 5.43. The van der Waals surface area contributed by atoms with E-state index in [1.807, 2.05) is 37.3 Å². The maximum Gasteiger partial charge on any atom is 0.226 e. The van der Waals surface area contributed by atoms with Crippen LogP contribution in [0.25, 0.3) is 11.5 Å². The zero-order valence-corrected chi connectivity index (χ0v) is 20.7. The molecule has 1 aliphatic heterocycles. The predicted molar refractivity (Wildman–Crippen MR) is 136 cm³/mol. The normalized spacial score (nSPS) is 14.9. The molecule has 0 saturated heterocycles. The van der Waals surface area contributed by atoms with Gasteiger partial charge in [0.1, 0.15) is 18.8 Å². The molecule has 1 atom stereocenters. The molecule has 37 heavy (non-hydrogen) atoms. The number of amides is 1. The molecule has 0 saturated carbocycles. The van der Waals surface area contributed by atoms with Gasteiger partial charge in [-0.25, -0.2) is 0 Å². The van der Waals surface area contributed by atoms with Gasteiger partial charge in [-0.15, -0.1) is 15.3 Å². The Morgan fingerprint density at radius 1 is 1.05 bits per heavy atom. The Labute approximate surface area is 212 Å². The number of methoxy groups -OCH3 is 1. The van der Waals surface area contributed by atoms with E-state index in [1.165, 1.54) is 11.9 Å². The summed E-state index contributed by atoms with van der Waals surface area (Å²) in [4.78, 5) is 13.0. The van der Waals surface area contributed by atoms with Gasteiger partial charge in [0, 0.05) is 23.5 Å². The molecule has 5 aromatic rings. The van der Waals surface area contributed by atoms with Gasteiger partial charge in [-0.1, -0.05) is 42.0 Å². The molecule has 1 unspecified atom stereocenters. The second kappa shape index (κ2) is 9.05. The predicted octanol–water partition coefficient (Wildman–Crippen LogP) is 3.99. The number of benzene rings is 2. The van der Waals surface area contributed by atoms with Gasteiger partial charge >= 0.3 is 0 Å². The summed E-state index contributed by atoms with van der Waals surface area (Å²) in [5.74, 6) is 1.97. The van der Waals surface area contributed by atoms with Crippen LogP contribution in [-0.2, 0) is 11.4 Å². The van der Waals surface area contributed by atoms with E-state index >= 15 is 0 Å². The Hall–Kier alpha value is -4.73. The van der Waals surface area contributed by atoms with Crippen molar-refractivity contribution < 1.29 is 14.3 Å². The summed E-state index contributed by atoms with van der Waals surface area (Å²) in [7, 11) is 1.62. The Kier molecular flexibility index (Phi) is 5.56. The van der Waals surface area contributed by atoms with Crippen molar-refractivity contribution in [1.82, 2.24) is 29.6 Å². The molecule has 1 amide bonds. The number of anilines is 1. The molecule has 0 spiro atoms. The van der Waals surface area contributed by atoms with Gasteiger partial charge in [0.25, 0.3) is 0 Å². The molecule has 186 valence electrons. The first-order valence-corrected chi connectivity index (χ1v) is 11.9. The van der Waals surface area contributed by atoms with Crippen LogP contribution in [0.4, 0.5) is 5.82 Å². The standard InChI is InChI=1S/C27H25N7O3/c1-16-7-9-18(10-8-16)14-37-26-19(5-4-6-21(26)36-3)20-13-24(35)29-27-25(20)17(2)31-34(27)23-12-11-22-30-28-15-33(22)32-23/h4-12,15,20H,13-14H2,1-3H3,(H,29,35). The summed E-state index contributed by atoms with van der Waals surface area (Å²) in [6.45, 7) is 4.36.